The molecule has 0 aromatic heterocycles. The molecule has 0 radical (unpaired) electrons. The predicted octanol–water partition coefficient (Wildman–Crippen LogP) is 1.77. The molecule has 94 valence electrons. The Hall–Kier alpha value is -2.49. The average molecular weight is 251 g/mol. The van der Waals surface area contributed by atoms with Crippen LogP contribution in [0.3, 0.4) is 0 Å². The van der Waals surface area contributed by atoms with E-state index in [2.05, 4.69) is 5.32 Å². The standard InChI is InChI=1S/C11H10FN3O3/c1-11(2,6-13)14-10(16)7-3-8(12)5-9(4-7)15(17)18/h3-5H,1-2H3,(H,14,16). The Bertz CT molecular complexity index is 549. The highest BCUT2D eigenvalue weighted by molar-refractivity contribution is 5.95. The third kappa shape index (κ3) is 3.25. The normalized spacial score (nSPS) is 10.6. The van der Waals surface area contributed by atoms with E-state index in [1.807, 2.05) is 6.07 Å². The highest BCUT2D eigenvalue weighted by Crippen LogP contribution is 2.16. The zero-order valence-corrected chi connectivity index (χ0v) is 9.73. The van der Waals surface area contributed by atoms with Gasteiger partial charge >= 0.3 is 0 Å². The van der Waals surface area contributed by atoms with Crippen molar-refractivity contribution in [1.29, 1.82) is 5.26 Å². The van der Waals surface area contributed by atoms with Gasteiger partial charge in [0.05, 0.1) is 17.1 Å². The summed E-state index contributed by atoms with van der Waals surface area (Å²) in [7, 11) is 0. The average Bonchev–Trinajstić information content (AvgIpc) is 2.27. The van der Waals surface area contributed by atoms with Crippen molar-refractivity contribution >= 4 is 11.6 Å². The molecule has 6 nitrogen and oxygen atoms in total. The molecule has 0 bridgehead atoms. The number of non-ortho nitro benzene ring substituents is 1. The maximum Gasteiger partial charge on any atom is 0.273 e. The van der Waals surface area contributed by atoms with Gasteiger partial charge in [0.2, 0.25) is 0 Å². The van der Waals surface area contributed by atoms with Crippen LogP contribution >= 0.6 is 0 Å². The van der Waals surface area contributed by atoms with Gasteiger partial charge in [0, 0.05) is 11.6 Å². The van der Waals surface area contributed by atoms with Gasteiger partial charge in [-0.05, 0) is 19.9 Å². The Morgan fingerprint density at radius 3 is 2.61 bits per heavy atom. The van der Waals surface area contributed by atoms with Crippen molar-refractivity contribution in [2.75, 3.05) is 0 Å². The summed E-state index contributed by atoms with van der Waals surface area (Å²) in [6.45, 7) is 2.91. The molecule has 0 spiro atoms. The van der Waals surface area contributed by atoms with Crippen molar-refractivity contribution in [3.05, 3.63) is 39.7 Å². The molecule has 0 saturated heterocycles. The molecule has 1 aromatic rings. The van der Waals surface area contributed by atoms with Gasteiger partial charge in [0.25, 0.3) is 11.6 Å². The number of carbonyl (C=O) groups excluding carboxylic acids is 1. The summed E-state index contributed by atoms with van der Waals surface area (Å²) < 4.78 is 13.1. The minimum absolute atomic E-state index is 0.204. The Labute approximate surface area is 102 Å². The van der Waals surface area contributed by atoms with Crippen LogP contribution in [0, 0.1) is 27.3 Å². The number of nitrogens with zero attached hydrogens (tertiary/aromatic N) is 2. The number of nitro groups is 1. The van der Waals surface area contributed by atoms with Gasteiger partial charge in [-0.15, -0.1) is 0 Å². The van der Waals surface area contributed by atoms with Crippen LogP contribution in [0.25, 0.3) is 0 Å². The Morgan fingerprint density at radius 2 is 2.11 bits per heavy atom. The summed E-state index contributed by atoms with van der Waals surface area (Å²) >= 11 is 0. The maximum absolute atomic E-state index is 13.1. The molecule has 7 heteroatoms. The summed E-state index contributed by atoms with van der Waals surface area (Å²) in [6, 6.07) is 4.37. The van der Waals surface area contributed by atoms with Crippen LogP contribution < -0.4 is 5.32 Å². The predicted molar refractivity (Wildman–Crippen MR) is 60.2 cm³/mol. The number of hydrogen-bond acceptors (Lipinski definition) is 4. The first-order chi connectivity index (χ1) is 8.25. The topological polar surface area (TPSA) is 96.0 Å². The lowest BCUT2D eigenvalue weighted by atomic mass is 10.1. The molecule has 0 unspecified atom stereocenters. The number of hydrogen-bond donors (Lipinski definition) is 1. The number of nitrogens with one attached hydrogen (secondary N) is 1. The zero-order valence-electron chi connectivity index (χ0n) is 9.73. The van der Waals surface area contributed by atoms with E-state index in [9.17, 15) is 19.3 Å². The van der Waals surface area contributed by atoms with Gasteiger partial charge in [0.1, 0.15) is 11.4 Å². The van der Waals surface area contributed by atoms with Crippen LogP contribution in [-0.2, 0) is 0 Å². The van der Waals surface area contributed by atoms with Crippen molar-refractivity contribution in [3.8, 4) is 6.07 Å². The van der Waals surface area contributed by atoms with Gasteiger partial charge in [-0.2, -0.15) is 5.26 Å². The number of benzene rings is 1. The molecule has 0 aliphatic heterocycles. The molecule has 0 atom stereocenters. The van der Waals surface area contributed by atoms with Gasteiger partial charge in [-0.3, -0.25) is 14.9 Å². The SMILES string of the molecule is CC(C)(C#N)NC(=O)c1cc(F)cc([N+](=O)[O-])c1. The molecular formula is C11H10FN3O3. The molecule has 0 saturated carbocycles. The fourth-order valence-corrected chi connectivity index (χ4v) is 1.19. The highest BCUT2D eigenvalue weighted by Gasteiger charge is 2.22. The van der Waals surface area contributed by atoms with Gasteiger partial charge in [-0.25, -0.2) is 4.39 Å². The number of nitro benzene ring substituents is 1. The number of nitriles is 1. The fourth-order valence-electron chi connectivity index (χ4n) is 1.19. The minimum atomic E-state index is -1.14. The second-order valence-corrected chi connectivity index (χ2v) is 4.15. The Kier molecular flexibility index (Phi) is 3.61. The van der Waals surface area contributed by atoms with Crippen LogP contribution in [0.4, 0.5) is 10.1 Å². The van der Waals surface area contributed by atoms with E-state index >= 15 is 0 Å². The largest absolute Gasteiger partial charge is 0.334 e. The van der Waals surface area contributed by atoms with Gasteiger partial charge < -0.3 is 5.32 Å². The van der Waals surface area contributed by atoms with Gasteiger partial charge in [-0.1, -0.05) is 0 Å². The second kappa shape index (κ2) is 4.79. The van der Waals surface area contributed by atoms with E-state index < -0.39 is 27.9 Å². The van der Waals surface area contributed by atoms with E-state index in [1.165, 1.54) is 13.8 Å². The Balaban J connectivity index is 3.08. The van der Waals surface area contributed by atoms with Crippen LogP contribution in [0.2, 0.25) is 0 Å². The third-order valence-corrected chi connectivity index (χ3v) is 2.06. The van der Waals surface area contributed by atoms with Crippen LogP contribution in [-0.4, -0.2) is 16.4 Å². The smallest absolute Gasteiger partial charge is 0.273 e. The monoisotopic (exact) mass is 251 g/mol. The number of rotatable bonds is 3. The summed E-state index contributed by atoms with van der Waals surface area (Å²) in [4.78, 5) is 21.4. The lowest BCUT2D eigenvalue weighted by Crippen LogP contribution is -2.42. The van der Waals surface area contributed by atoms with E-state index in [0.717, 1.165) is 12.1 Å². The number of carbonyl (C=O) groups is 1. The minimum Gasteiger partial charge on any atom is -0.334 e. The van der Waals surface area contributed by atoms with E-state index in [-0.39, 0.29) is 5.56 Å². The first-order valence-corrected chi connectivity index (χ1v) is 4.94. The molecule has 18 heavy (non-hydrogen) atoms. The van der Waals surface area contributed by atoms with Gasteiger partial charge in [0.15, 0.2) is 0 Å². The van der Waals surface area contributed by atoms with E-state index in [0.29, 0.717) is 6.07 Å². The Morgan fingerprint density at radius 1 is 1.50 bits per heavy atom. The molecule has 1 aromatic carbocycles. The summed E-state index contributed by atoms with van der Waals surface area (Å²) in [5, 5.41) is 21.6. The molecule has 0 heterocycles. The van der Waals surface area contributed by atoms with Crippen molar-refractivity contribution in [1.82, 2.24) is 5.32 Å². The quantitative estimate of drug-likeness (QED) is 0.654. The first-order valence-electron chi connectivity index (χ1n) is 4.94. The molecule has 1 amide bonds. The second-order valence-electron chi connectivity index (χ2n) is 4.15. The summed E-state index contributed by atoms with van der Waals surface area (Å²) in [6.07, 6.45) is 0. The molecule has 0 aliphatic carbocycles. The molecule has 0 aliphatic rings. The lowest BCUT2D eigenvalue weighted by Gasteiger charge is -2.17. The molecule has 1 rings (SSSR count). The summed E-state index contributed by atoms with van der Waals surface area (Å²) in [5.74, 6) is -1.63. The first kappa shape index (κ1) is 13.6. The van der Waals surface area contributed by atoms with Crippen molar-refractivity contribution in [3.63, 3.8) is 0 Å². The van der Waals surface area contributed by atoms with Crippen LogP contribution in [0.1, 0.15) is 24.2 Å². The lowest BCUT2D eigenvalue weighted by molar-refractivity contribution is -0.385. The zero-order chi connectivity index (χ0) is 13.9. The number of amides is 1. The van der Waals surface area contributed by atoms with Crippen LogP contribution in [0.5, 0.6) is 0 Å². The van der Waals surface area contributed by atoms with E-state index in [4.69, 9.17) is 5.26 Å². The summed E-state index contributed by atoms with van der Waals surface area (Å²) in [5.41, 5.74) is -1.86. The number of halogens is 1. The van der Waals surface area contributed by atoms with Crippen LogP contribution in [0.15, 0.2) is 18.2 Å². The fraction of sp³-hybridized carbons (Fsp3) is 0.273. The van der Waals surface area contributed by atoms with Crippen molar-refractivity contribution in [2.45, 2.75) is 19.4 Å². The maximum atomic E-state index is 13.1. The third-order valence-electron chi connectivity index (χ3n) is 2.06. The van der Waals surface area contributed by atoms with Crippen molar-refractivity contribution < 1.29 is 14.1 Å². The highest BCUT2D eigenvalue weighted by atomic mass is 19.1. The molecular weight excluding hydrogens is 241 g/mol. The molecule has 1 N–H and O–H groups in total. The van der Waals surface area contributed by atoms with Crippen molar-refractivity contribution in [2.24, 2.45) is 0 Å². The molecule has 0 fully saturated rings. The van der Waals surface area contributed by atoms with E-state index in [1.54, 1.807) is 0 Å².